The first-order valence-corrected chi connectivity index (χ1v) is 6.85. The molecule has 0 aliphatic heterocycles. The summed E-state index contributed by atoms with van der Waals surface area (Å²) in [5, 5.41) is 9.33. The largest absolute Gasteiger partial charge is 0.396 e. The van der Waals surface area contributed by atoms with E-state index < -0.39 is 0 Å². The molecule has 0 saturated carbocycles. The van der Waals surface area contributed by atoms with Crippen LogP contribution in [0.2, 0.25) is 0 Å². The van der Waals surface area contributed by atoms with Crippen LogP contribution in [0.1, 0.15) is 59.8 Å². The van der Waals surface area contributed by atoms with Gasteiger partial charge in [-0.25, -0.2) is 0 Å². The van der Waals surface area contributed by atoms with Crippen LogP contribution in [0.4, 0.5) is 0 Å². The third-order valence-corrected chi connectivity index (χ3v) is 4.41. The van der Waals surface area contributed by atoms with Crippen LogP contribution in [0, 0.1) is 17.8 Å². The fourth-order valence-electron chi connectivity index (χ4n) is 2.70. The fraction of sp³-hybridized carbons (Fsp3) is 0.867. The van der Waals surface area contributed by atoms with Crippen molar-refractivity contribution in [3.8, 4) is 0 Å². The van der Waals surface area contributed by atoms with Crippen molar-refractivity contribution in [2.24, 2.45) is 17.8 Å². The molecule has 1 aliphatic carbocycles. The van der Waals surface area contributed by atoms with Gasteiger partial charge in [-0.15, -0.1) is 0 Å². The molecule has 2 atom stereocenters. The van der Waals surface area contributed by atoms with Crippen molar-refractivity contribution >= 4 is 0 Å². The summed E-state index contributed by atoms with van der Waals surface area (Å²) in [4.78, 5) is 0. The molecule has 0 amide bonds. The Bertz CT molecular complexity index is 240. The molecule has 1 heteroatoms. The summed E-state index contributed by atoms with van der Waals surface area (Å²) in [7, 11) is 0. The summed E-state index contributed by atoms with van der Waals surface area (Å²) in [5.74, 6) is 1.87. The number of aliphatic hydroxyl groups is 1. The Hall–Kier alpha value is -0.300. The van der Waals surface area contributed by atoms with Crippen LogP contribution in [0.25, 0.3) is 0 Å². The van der Waals surface area contributed by atoms with Gasteiger partial charge in [0.1, 0.15) is 0 Å². The zero-order valence-electron chi connectivity index (χ0n) is 11.4. The predicted octanol–water partition coefficient (Wildman–Crippen LogP) is 4.17. The van der Waals surface area contributed by atoms with E-state index in [0.717, 1.165) is 12.3 Å². The van der Waals surface area contributed by atoms with E-state index in [9.17, 15) is 5.11 Å². The van der Waals surface area contributed by atoms with E-state index >= 15 is 0 Å². The van der Waals surface area contributed by atoms with Crippen LogP contribution in [0.5, 0.6) is 0 Å². The summed E-state index contributed by atoms with van der Waals surface area (Å²) in [6.07, 6.45) is 6.39. The smallest absolute Gasteiger partial charge is 0.0461 e. The van der Waals surface area contributed by atoms with Gasteiger partial charge >= 0.3 is 0 Å². The molecule has 1 N–H and O–H groups in total. The van der Waals surface area contributed by atoms with Crippen molar-refractivity contribution in [2.45, 2.75) is 59.8 Å². The molecule has 0 radical (unpaired) electrons. The standard InChI is InChI=1S/C15H28O/c1-11(2)15(10-16)9-8-14-7-5-6-12(3)13(14)4/h11-12,15-16H,5-10H2,1-4H3/t12-,15+/m1/s1. The maximum atomic E-state index is 9.33. The van der Waals surface area contributed by atoms with Crippen molar-refractivity contribution in [3.05, 3.63) is 11.1 Å². The molecule has 0 bridgehead atoms. The number of allylic oxidation sites excluding steroid dienone is 2. The highest BCUT2D eigenvalue weighted by molar-refractivity contribution is 5.17. The van der Waals surface area contributed by atoms with Gasteiger partial charge in [0.15, 0.2) is 0 Å². The SMILES string of the molecule is CC1=C(CC[C@@H](CO)C(C)C)CCC[C@H]1C. The minimum atomic E-state index is 0.347. The first-order valence-electron chi connectivity index (χ1n) is 6.85. The van der Waals surface area contributed by atoms with Crippen LogP contribution >= 0.6 is 0 Å². The van der Waals surface area contributed by atoms with Gasteiger partial charge in [0.25, 0.3) is 0 Å². The molecule has 0 saturated heterocycles. The molecule has 0 fully saturated rings. The number of hydrogen-bond acceptors (Lipinski definition) is 1. The topological polar surface area (TPSA) is 20.2 Å². The molecule has 1 rings (SSSR count). The van der Waals surface area contributed by atoms with Gasteiger partial charge in [-0.3, -0.25) is 0 Å². The minimum absolute atomic E-state index is 0.347. The molecular weight excluding hydrogens is 196 g/mol. The Kier molecular flexibility index (Phi) is 5.54. The highest BCUT2D eigenvalue weighted by Gasteiger charge is 2.18. The summed E-state index contributed by atoms with van der Waals surface area (Å²) < 4.78 is 0. The number of hydrogen-bond donors (Lipinski definition) is 1. The third kappa shape index (κ3) is 3.62. The van der Waals surface area contributed by atoms with Crippen molar-refractivity contribution in [3.63, 3.8) is 0 Å². The molecule has 0 heterocycles. The van der Waals surface area contributed by atoms with E-state index in [1.54, 1.807) is 11.1 Å². The maximum Gasteiger partial charge on any atom is 0.0461 e. The van der Waals surface area contributed by atoms with Gasteiger partial charge in [0.2, 0.25) is 0 Å². The second kappa shape index (κ2) is 6.44. The Morgan fingerprint density at radius 1 is 1.38 bits per heavy atom. The highest BCUT2D eigenvalue weighted by Crippen LogP contribution is 2.33. The normalized spacial score (nSPS) is 24.0. The molecule has 94 valence electrons. The quantitative estimate of drug-likeness (QED) is 0.695. The third-order valence-electron chi connectivity index (χ3n) is 4.41. The van der Waals surface area contributed by atoms with Crippen LogP contribution < -0.4 is 0 Å². The zero-order valence-corrected chi connectivity index (χ0v) is 11.4. The molecule has 0 unspecified atom stereocenters. The minimum Gasteiger partial charge on any atom is -0.396 e. The zero-order chi connectivity index (χ0) is 12.1. The highest BCUT2D eigenvalue weighted by atomic mass is 16.3. The molecule has 0 spiro atoms. The van der Waals surface area contributed by atoms with Gasteiger partial charge in [0.05, 0.1) is 0 Å². The number of rotatable bonds is 5. The maximum absolute atomic E-state index is 9.33. The lowest BCUT2D eigenvalue weighted by Gasteiger charge is -2.26. The summed E-state index contributed by atoms with van der Waals surface area (Å²) >= 11 is 0. The molecule has 1 aliphatic rings. The van der Waals surface area contributed by atoms with Crippen LogP contribution in [0.3, 0.4) is 0 Å². The van der Waals surface area contributed by atoms with Gasteiger partial charge in [-0.05, 0) is 56.8 Å². The molecular formula is C15H28O. The van der Waals surface area contributed by atoms with Crippen molar-refractivity contribution < 1.29 is 5.11 Å². The van der Waals surface area contributed by atoms with Crippen LogP contribution in [-0.4, -0.2) is 11.7 Å². The second-order valence-corrected chi connectivity index (χ2v) is 5.81. The average Bonchev–Trinajstić information content (AvgIpc) is 2.24. The van der Waals surface area contributed by atoms with Gasteiger partial charge < -0.3 is 5.11 Å². The van der Waals surface area contributed by atoms with Crippen molar-refractivity contribution in [2.75, 3.05) is 6.61 Å². The lowest BCUT2D eigenvalue weighted by molar-refractivity contribution is 0.181. The Balaban J connectivity index is 2.50. The van der Waals surface area contributed by atoms with Crippen molar-refractivity contribution in [1.29, 1.82) is 0 Å². The molecule has 0 aromatic heterocycles. The molecule has 0 aromatic rings. The Morgan fingerprint density at radius 2 is 2.06 bits per heavy atom. The van der Waals surface area contributed by atoms with Gasteiger partial charge in [0, 0.05) is 6.61 Å². The average molecular weight is 224 g/mol. The van der Waals surface area contributed by atoms with Crippen molar-refractivity contribution in [1.82, 2.24) is 0 Å². The van der Waals surface area contributed by atoms with E-state index in [4.69, 9.17) is 0 Å². The lowest BCUT2D eigenvalue weighted by atomic mass is 9.81. The first kappa shape index (κ1) is 13.8. The summed E-state index contributed by atoms with van der Waals surface area (Å²) in [6, 6.07) is 0. The lowest BCUT2D eigenvalue weighted by Crippen LogP contribution is -2.15. The second-order valence-electron chi connectivity index (χ2n) is 5.81. The fourth-order valence-corrected chi connectivity index (χ4v) is 2.70. The van der Waals surface area contributed by atoms with E-state index in [0.29, 0.717) is 18.4 Å². The van der Waals surface area contributed by atoms with Crippen LogP contribution in [-0.2, 0) is 0 Å². The van der Waals surface area contributed by atoms with Gasteiger partial charge in [-0.1, -0.05) is 31.9 Å². The number of aliphatic hydroxyl groups excluding tert-OH is 1. The van der Waals surface area contributed by atoms with E-state index in [-0.39, 0.29) is 0 Å². The Morgan fingerprint density at radius 3 is 2.62 bits per heavy atom. The predicted molar refractivity (Wildman–Crippen MR) is 70.4 cm³/mol. The van der Waals surface area contributed by atoms with Crippen LogP contribution in [0.15, 0.2) is 11.1 Å². The van der Waals surface area contributed by atoms with E-state index in [1.165, 1.54) is 25.7 Å². The Labute approximate surface area is 101 Å². The monoisotopic (exact) mass is 224 g/mol. The van der Waals surface area contributed by atoms with E-state index in [2.05, 4.69) is 27.7 Å². The summed E-state index contributed by atoms with van der Waals surface area (Å²) in [6.45, 7) is 9.43. The van der Waals surface area contributed by atoms with E-state index in [1.807, 2.05) is 0 Å². The molecule has 1 nitrogen and oxygen atoms in total. The van der Waals surface area contributed by atoms with Gasteiger partial charge in [-0.2, -0.15) is 0 Å². The first-order chi connectivity index (χ1) is 7.56. The molecule has 0 aromatic carbocycles. The summed E-state index contributed by atoms with van der Waals surface area (Å²) in [5.41, 5.74) is 3.31. The molecule has 16 heavy (non-hydrogen) atoms.